The number of nitrogens with zero attached hydrogens (tertiary/aromatic N) is 1. The molecular weight excluding hydrogens is 334 g/mol. The molecule has 1 aromatic heterocycles. The van der Waals surface area contributed by atoms with Crippen molar-refractivity contribution >= 4 is 11.7 Å². The standard InChI is InChI=1S/C19H25N3O4/c1-12(2)19(20-11-18(23)21-17-9-13(3)26-22-17)14-5-6-15-16(10-14)25-8-4-7-24-15/h5-6,9-10,12,19-20H,4,7-8,11H2,1-3H3,(H,21,22,23)/t19-/m0/s1. The minimum absolute atomic E-state index is 0.0111. The van der Waals surface area contributed by atoms with E-state index in [0.717, 1.165) is 23.5 Å². The van der Waals surface area contributed by atoms with E-state index in [4.69, 9.17) is 14.0 Å². The highest BCUT2D eigenvalue weighted by molar-refractivity contribution is 5.91. The van der Waals surface area contributed by atoms with E-state index < -0.39 is 0 Å². The fraction of sp³-hybridized carbons (Fsp3) is 0.474. The van der Waals surface area contributed by atoms with Crippen LogP contribution in [0.4, 0.5) is 5.82 Å². The molecule has 0 spiro atoms. The summed E-state index contributed by atoms with van der Waals surface area (Å²) < 4.78 is 16.4. The molecule has 2 N–H and O–H groups in total. The van der Waals surface area contributed by atoms with Gasteiger partial charge in [0, 0.05) is 18.5 Å². The maximum Gasteiger partial charge on any atom is 0.239 e. The van der Waals surface area contributed by atoms with Crippen molar-refractivity contribution in [1.82, 2.24) is 10.5 Å². The van der Waals surface area contributed by atoms with Crippen LogP contribution in [0.15, 0.2) is 28.8 Å². The van der Waals surface area contributed by atoms with Gasteiger partial charge in [0.05, 0.1) is 19.8 Å². The molecule has 0 radical (unpaired) electrons. The molecule has 0 unspecified atom stereocenters. The Balaban J connectivity index is 1.65. The van der Waals surface area contributed by atoms with Gasteiger partial charge >= 0.3 is 0 Å². The first kappa shape index (κ1) is 18.3. The monoisotopic (exact) mass is 359 g/mol. The number of anilines is 1. The fourth-order valence-corrected chi connectivity index (χ4v) is 2.93. The number of fused-ring (bicyclic) bond motifs is 1. The molecule has 3 rings (SSSR count). The summed E-state index contributed by atoms with van der Waals surface area (Å²) in [4.78, 5) is 12.2. The summed E-state index contributed by atoms with van der Waals surface area (Å²) in [5.41, 5.74) is 1.06. The Labute approximate surface area is 153 Å². The van der Waals surface area contributed by atoms with Gasteiger partial charge in [0.25, 0.3) is 0 Å². The normalized spacial score (nSPS) is 14.8. The summed E-state index contributed by atoms with van der Waals surface area (Å²) in [6.45, 7) is 7.48. The van der Waals surface area contributed by atoms with E-state index in [1.54, 1.807) is 13.0 Å². The molecule has 1 aliphatic rings. The lowest BCUT2D eigenvalue weighted by atomic mass is 9.95. The van der Waals surface area contributed by atoms with Gasteiger partial charge in [0.2, 0.25) is 5.91 Å². The van der Waals surface area contributed by atoms with Crippen LogP contribution in [0.1, 0.15) is 37.6 Å². The quantitative estimate of drug-likeness (QED) is 0.824. The van der Waals surface area contributed by atoms with Crippen LogP contribution in [0.2, 0.25) is 0 Å². The number of aryl methyl sites for hydroxylation is 1. The van der Waals surface area contributed by atoms with Crippen LogP contribution in [0.3, 0.4) is 0 Å². The number of carbonyl (C=O) groups excluding carboxylic acids is 1. The second-order valence-electron chi connectivity index (χ2n) is 6.73. The van der Waals surface area contributed by atoms with Crippen molar-refractivity contribution < 1.29 is 18.8 Å². The third kappa shape index (κ3) is 4.54. The van der Waals surface area contributed by atoms with E-state index in [1.165, 1.54) is 0 Å². The minimum Gasteiger partial charge on any atom is -0.490 e. The van der Waals surface area contributed by atoms with Crippen LogP contribution < -0.4 is 20.1 Å². The number of nitrogens with one attached hydrogen (secondary N) is 2. The maximum atomic E-state index is 12.2. The molecule has 0 saturated heterocycles. The highest BCUT2D eigenvalue weighted by Crippen LogP contribution is 2.34. The Morgan fingerprint density at radius 3 is 2.65 bits per heavy atom. The van der Waals surface area contributed by atoms with E-state index >= 15 is 0 Å². The Morgan fingerprint density at radius 1 is 1.19 bits per heavy atom. The molecule has 1 atom stereocenters. The zero-order chi connectivity index (χ0) is 18.5. The molecule has 7 nitrogen and oxygen atoms in total. The SMILES string of the molecule is Cc1cc(NC(=O)CN[C@H](c2ccc3c(c2)OCCCO3)C(C)C)no1. The smallest absolute Gasteiger partial charge is 0.239 e. The number of rotatable bonds is 6. The Hall–Kier alpha value is -2.54. The van der Waals surface area contributed by atoms with Gasteiger partial charge in [0.1, 0.15) is 5.76 Å². The summed E-state index contributed by atoms with van der Waals surface area (Å²) in [6.07, 6.45) is 0.873. The number of benzene rings is 1. The van der Waals surface area contributed by atoms with Crippen molar-refractivity contribution in [3.63, 3.8) is 0 Å². The molecule has 0 bridgehead atoms. The van der Waals surface area contributed by atoms with Gasteiger partial charge in [-0.1, -0.05) is 25.1 Å². The van der Waals surface area contributed by atoms with Gasteiger partial charge in [-0.2, -0.15) is 0 Å². The van der Waals surface area contributed by atoms with Crippen LogP contribution in [-0.2, 0) is 4.79 Å². The molecule has 26 heavy (non-hydrogen) atoms. The van der Waals surface area contributed by atoms with Crippen molar-refractivity contribution in [2.45, 2.75) is 33.2 Å². The van der Waals surface area contributed by atoms with Crippen molar-refractivity contribution in [3.8, 4) is 11.5 Å². The first-order valence-corrected chi connectivity index (χ1v) is 8.89. The van der Waals surface area contributed by atoms with Gasteiger partial charge in [-0.15, -0.1) is 0 Å². The summed E-state index contributed by atoms with van der Waals surface area (Å²) in [7, 11) is 0. The molecule has 0 aliphatic carbocycles. The molecular formula is C19H25N3O4. The molecule has 7 heteroatoms. The lowest BCUT2D eigenvalue weighted by Crippen LogP contribution is -2.33. The van der Waals surface area contributed by atoms with Gasteiger partial charge in [-0.3, -0.25) is 4.79 Å². The van der Waals surface area contributed by atoms with Gasteiger partial charge in [-0.25, -0.2) is 0 Å². The molecule has 2 heterocycles. The van der Waals surface area contributed by atoms with E-state index in [-0.39, 0.29) is 18.5 Å². The van der Waals surface area contributed by atoms with Crippen molar-refractivity contribution in [2.24, 2.45) is 5.92 Å². The van der Waals surface area contributed by atoms with Crippen LogP contribution >= 0.6 is 0 Å². The number of amides is 1. The first-order chi connectivity index (χ1) is 12.5. The third-order valence-electron chi connectivity index (χ3n) is 4.18. The number of ether oxygens (including phenoxy) is 2. The predicted octanol–water partition coefficient (Wildman–Crippen LogP) is 3.07. The zero-order valence-electron chi connectivity index (χ0n) is 15.4. The average Bonchev–Trinajstić information content (AvgIpc) is 2.87. The Morgan fingerprint density at radius 2 is 1.96 bits per heavy atom. The van der Waals surface area contributed by atoms with E-state index in [9.17, 15) is 4.79 Å². The van der Waals surface area contributed by atoms with Gasteiger partial charge in [-0.05, 0) is 30.5 Å². The minimum atomic E-state index is -0.168. The molecule has 140 valence electrons. The lowest BCUT2D eigenvalue weighted by molar-refractivity contribution is -0.115. The third-order valence-corrected chi connectivity index (χ3v) is 4.18. The predicted molar refractivity (Wildman–Crippen MR) is 97.5 cm³/mol. The van der Waals surface area contributed by atoms with Crippen LogP contribution in [0.25, 0.3) is 0 Å². The molecule has 0 saturated carbocycles. The lowest BCUT2D eigenvalue weighted by Gasteiger charge is -2.23. The van der Waals surface area contributed by atoms with Crippen LogP contribution in [0.5, 0.6) is 11.5 Å². The summed E-state index contributed by atoms with van der Waals surface area (Å²) in [5, 5.41) is 9.80. The largest absolute Gasteiger partial charge is 0.490 e. The molecule has 1 amide bonds. The number of aromatic nitrogens is 1. The number of carbonyl (C=O) groups is 1. The van der Waals surface area contributed by atoms with Crippen LogP contribution in [0, 0.1) is 12.8 Å². The molecule has 2 aromatic rings. The second kappa shape index (κ2) is 8.23. The highest BCUT2D eigenvalue weighted by atomic mass is 16.5. The summed E-state index contributed by atoms with van der Waals surface area (Å²) in [5.74, 6) is 2.73. The summed E-state index contributed by atoms with van der Waals surface area (Å²) in [6, 6.07) is 7.64. The topological polar surface area (TPSA) is 85.6 Å². The highest BCUT2D eigenvalue weighted by Gasteiger charge is 2.20. The van der Waals surface area contributed by atoms with Gasteiger partial charge in [0.15, 0.2) is 17.3 Å². The van der Waals surface area contributed by atoms with Crippen molar-refractivity contribution in [3.05, 3.63) is 35.6 Å². The maximum absolute atomic E-state index is 12.2. The first-order valence-electron chi connectivity index (χ1n) is 8.89. The summed E-state index contributed by atoms with van der Waals surface area (Å²) >= 11 is 0. The Kier molecular flexibility index (Phi) is 5.78. The number of hydrogen-bond acceptors (Lipinski definition) is 6. The molecule has 0 fully saturated rings. The van der Waals surface area contributed by atoms with Crippen molar-refractivity contribution in [1.29, 1.82) is 0 Å². The van der Waals surface area contributed by atoms with E-state index in [0.29, 0.717) is 30.7 Å². The Bertz CT molecular complexity index is 757. The van der Waals surface area contributed by atoms with Crippen LogP contribution in [-0.4, -0.2) is 30.8 Å². The number of hydrogen-bond donors (Lipinski definition) is 2. The fourth-order valence-electron chi connectivity index (χ4n) is 2.93. The van der Waals surface area contributed by atoms with Gasteiger partial charge < -0.3 is 24.6 Å². The molecule has 1 aromatic carbocycles. The average molecular weight is 359 g/mol. The van der Waals surface area contributed by atoms with Crippen molar-refractivity contribution in [2.75, 3.05) is 25.1 Å². The zero-order valence-corrected chi connectivity index (χ0v) is 15.4. The second-order valence-corrected chi connectivity index (χ2v) is 6.73. The molecule has 1 aliphatic heterocycles. The van der Waals surface area contributed by atoms with E-state index in [1.807, 2.05) is 18.2 Å². The van der Waals surface area contributed by atoms with E-state index in [2.05, 4.69) is 29.6 Å².